The van der Waals surface area contributed by atoms with E-state index in [4.69, 9.17) is 21.3 Å². The van der Waals surface area contributed by atoms with E-state index in [1.54, 1.807) is 22.7 Å². The number of carbonyl (C=O) groups is 2. The Morgan fingerprint density at radius 3 is 2.78 bits per heavy atom. The largest absolute Gasteiger partial charge is 0.452 e. The fourth-order valence-electron chi connectivity index (χ4n) is 5.88. The van der Waals surface area contributed by atoms with E-state index in [0.717, 1.165) is 60.8 Å². The Bertz CT molecular complexity index is 1300. The van der Waals surface area contributed by atoms with Crippen molar-refractivity contribution in [1.82, 2.24) is 19.3 Å². The maximum atomic E-state index is 12.6. The van der Waals surface area contributed by atoms with Crippen LogP contribution < -0.4 is 4.90 Å². The zero-order chi connectivity index (χ0) is 25.6. The highest BCUT2D eigenvalue weighted by molar-refractivity contribution is 6.30. The number of benzene rings is 1. The highest BCUT2D eigenvalue weighted by Crippen LogP contribution is 2.41. The van der Waals surface area contributed by atoms with Crippen molar-refractivity contribution in [2.24, 2.45) is 5.92 Å². The standard InChI is InChI=1S/C26H32ClN5O4/c1-15-7-8-20-21(31(15)26(35)36-3)9-10-22-24(20)29-25(23(34)14-30-13-18(27)12-28-30)32(22)19-6-4-5-17(11-19)16(2)33/h9-10,12-13,15,17,19,23,34H,4-8,11,14H2,1-3H3/t15-,17+,19+,23+/m0/s1. The number of aryl methyl sites for hydroxylation is 1. The van der Waals surface area contributed by atoms with Gasteiger partial charge in [0, 0.05) is 29.8 Å². The van der Waals surface area contributed by atoms with Gasteiger partial charge in [0.05, 0.1) is 41.6 Å². The van der Waals surface area contributed by atoms with Gasteiger partial charge in [0.2, 0.25) is 0 Å². The summed E-state index contributed by atoms with van der Waals surface area (Å²) in [6, 6.07) is 3.99. The number of fused-ring (bicyclic) bond motifs is 3. The van der Waals surface area contributed by atoms with E-state index in [0.29, 0.717) is 10.8 Å². The fourth-order valence-corrected chi connectivity index (χ4v) is 6.03. The zero-order valence-corrected chi connectivity index (χ0v) is 21.6. The smallest absolute Gasteiger partial charge is 0.414 e. The first-order valence-corrected chi connectivity index (χ1v) is 12.9. The van der Waals surface area contributed by atoms with Crippen LogP contribution in [0, 0.1) is 5.92 Å². The lowest BCUT2D eigenvalue weighted by atomic mass is 9.83. The molecule has 36 heavy (non-hydrogen) atoms. The number of ether oxygens (including phenoxy) is 1. The fraction of sp³-hybridized carbons (Fsp3) is 0.538. The average Bonchev–Trinajstić information content (AvgIpc) is 3.46. The molecule has 0 bridgehead atoms. The first-order valence-electron chi connectivity index (χ1n) is 12.6. The quantitative estimate of drug-likeness (QED) is 0.523. The summed E-state index contributed by atoms with van der Waals surface area (Å²) in [5.74, 6) is 0.754. The van der Waals surface area contributed by atoms with Crippen molar-refractivity contribution in [3.05, 3.63) is 40.9 Å². The van der Waals surface area contributed by atoms with E-state index < -0.39 is 12.2 Å². The molecular formula is C26H32ClN5O4. The number of carbonyl (C=O) groups excluding carboxylic acids is 2. The third-order valence-electron chi connectivity index (χ3n) is 7.70. The molecule has 9 nitrogen and oxygen atoms in total. The maximum Gasteiger partial charge on any atom is 0.414 e. The molecule has 0 saturated heterocycles. The molecule has 3 heterocycles. The number of aliphatic hydroxyl groups excluding tert-OH is 1. The van der Waals surface area contributed by atoms with E-state index in [1.165, 1.54) is 13.3 Å². The number of rotatable bonds is 5. The van der Waals surface area contributed by atoms with E-state index in [-0.39, 0.29) is 30.3 Å². The molecule has 2 aliphatic rings. The molecule has 1 amide bonds. The van der Waals surface area contributed by atoms with Gasteiger partial charge in [-0.3, -0.25) is 14.4 Å². The Kier molecular flexibility index (Phi) is 6.78. The van der Waals surface area contributed by atoms with Crippen LogP contribution in [0.1, 0.15) is 69.5 Å². The average molecular weight is 514 g/mol. The molecule has 1 saturated carbocycles. The Morgan fingerprint density at radius 2 is 2.08 bits per heavy atom. The first kappa shape index (κ1) is 24.8. The van der Waals surface area contributed by atoms with Crippen LogP contribution in [0.4, 0.5) is 10.5 Å². The van der Waals surface area contributed by atoms with Crippen LogP contribution in [0.2, 0.25) is 5.02 Å². The number of anilines is 1. The number of aliphatic hydroxyl groups is 1. The van der Waals surface area contributed by atoms with Gasteiger partial charge in [0.15, 0.2) is 0 Å². The van der Waals surface area contributed by atoms with Crippen LogP contribution in [0.15, 0.2) is 24.5 Å². The Morgan fingerprint density at radius 1 is 1.28 bits per heavy atom. The summed E-state index contributed by atoms with van der Waals surface area (Å²) in [4.78, 5) is 31.5. The molecule has 0 radical (unpaired) electrons. The molecule has 1 aliphatic heterocycles. The van der Waals surface area contributed by atoms with Crippen molar-refractivity contribution in [1.29, 1.82) is 0 Å². The number of hydrogen-bond donors (Lipinski definition) is 1. The van der Waals surface area contributed by atoms with Gasteiger partial charge in [0.1, 0.15) is 17.7 Å². The Labute approximate surface area is 215 Å². The lowest BCUT2D eigenvalue weighted by Crippen LogP contribution is -2.42. The van der Waals surface area contributed by atoms with E-state index in [2.05, 4.69) is 9.67 Å². The van der Waals surface area contributed by atoms with Gasteiger partial charge >= 0.3 is 6.09 Å². The van der Waals surface area contributed by atoms with Crippen molar-refractivity contribution in [2.45, 2.75) is 77.1 Å². The van der Waals surface area contributed by atoms with Crippen molar-refractivity contribution < 1.29 is 19.4 Å². The van der Waals surface area contributed by atoms with E-state index in [9.17, 15) is 14.7 Å². The van der Waals surface area contributed by atoms with Crippen molar-refractivity contribution in [3.8, 4) is 0 Å². The summed E-state index contributed by atoms with van der Waals surface area (Å²) < 4.78 is 8.79. The SMILES string of the molecule is COC(=O)N1c2ccc3c(nc([C@H](O)Cn4cc(Cl)cn4)n3[C@@H]3CCC[C@@H](C(C)=O)C3)c2CC[C@@H]1C. The summed E-state index contributed by atoms with van der Waals surface area (Å²) in [6.07, 6.45) is 6.89. The molecule has 10 heteroatoms. The molecule has 2 aromatic heterocycles. The molecule has 0 spiro atoms. The molecule has 1 aromatic carbocycles. The molecule has 1 N–H and O–H groups in total. The van der Waals surface area contributed by atoms with Gasteiger partial charge in [-0.15, -0.1) is 0 Å². The summed E-state index contributed by atoms with van der Waals surface area (Å²) >= 11 is 6.03. The van der Waals surface area contributed by atoms with Gasteiger partial charge < -0.3 is 14.4 Å². The predicted octanol–water partition coefficient (Wildman–Crippen LogP) is 4.85. The number of Topliss-reactive ketones (excluding diaryl/α,β-unsaturated/α-hetero) is 1. The zero-order valence-electron chi connectivity index (χ0n) is 20.9. The molecule has 1 aliphatic carbocycles. The third kappa shape index (κ3) is 4.39. The van der Waals surface area contributed by atoms with Gasteiger partial charge in [-0.25, -0.2) is 9.78 Å². The number of ketones is 1. The number of halogens is 1. The number of aromatic nitrogens is 4. The molecule has 1 fully saturated rings. The van der Waals surface area contributed by atoms with E-state index in [1.807, 2.05) is 19.1 Å². The van der Waals surface area contributed by atoms with Crippen molar-refractivity contribution in [2.75, 3.05) is 12.0 Å². The van der Waals surface area contributed by atoms with Crippen LogP contribution in [0.5, 0.6) is 0 Å². The molecule has 4 atom stereocenters. The summed E-state index contributed by atoms with van der Waals surface area (Å²) in [7, 11) is 1.39. The Balaban J connectivity index is 1.64. The molecule has 5 rings (SSSR count). The van der Waals surface area contributed by atoms with E-state index >= 15 is 0 Å². The van der Waals surface area contributed by atoms with Crippen LogP contribution in [-0.2, 0) is 22.5 Å². The lowest BCUT2D eigenvalue weighted by molar-refractivity contribution is -0.122. The van der Waals surface area contributed by atoms with Crippen LogP contribution in [0.3, 0.4) is 0 Å². The summed E-state index contributed by atoms with van der Waals surface area (Å²) in [5, 5.41) is 16.1. The third-order valence-corrected chi connectivity index (χ3v) is 7.89. The van der Waals surface area contributed by atoms with Gasteiger partial charge in [-0.1, -0.05) is 18.0 Å². The van der Waals surface area contributed by atoms with Crippen LogP contribution >= 0.6 is 11.6 Å². The number of amides is 1. The molecular weight excluding hydrogens is 482 g/mol. The molecule has 0 unspecified atom stereocenters. The maximum absolute atomic E-state index is 12.6. The minimum atomic E-state index is -0.930. The summed E-state index contributed by atoms with van der Waals surface area (Å²) in [6.45, 7) is 3.87. The number of imidazole rings is 1. The molecule has 192 valence electrons. The first-order chi connectivity index (χ1) is 17.3. The van der Waals surface area contributed by atoms with Crippen LogP contribution in [0.25, 0.3) is 11.0 Å². The second-order valence-corrected chi connectivity index (χ2v) is 10.5. The number of nitrogens with zero attached hydrogens (tertiary/aromatic N) is 5. The highest BCUT2D eigenvalue weighted by Gasteiger charge is 2.34. The van der Waals surface area contributed by atoms with Gasteiger partial charge in [-0.2, -0.15) is 5.10 Å². The molecule has 3 aromatic rings. The topological polar surface area (TPSA) is 102 Å². The number of hydrogen-bond acceptors (Lipinski definition) is 6. The van der Waals surface area contributed by atoms with Crippen molar-refractivity contribution >= 4 is 40.2 Å². The number of methoxy groups -OCH3 is 1. The minimum absolute atomic E-state index is 0.00408. The lowest BCUT2D eigenvalue weighted by Gasteiger charge is -2.34. The van der Waals surface area contributed by atoms with Gasteiger partial charge in [0.25, 0.3) is 0 Å². The second-order valence-electron chi connectivity index (χ2n) is 10.0. The van der Waals surface area contributed by atoms with Crippen molar-refractivity contribution in [3.63, 3.8) is 0 Å². The predicted molar refractivity (Wildman–Crippen MR) is 136 cm³/mol. The van der Waals surface area contributed by atoms with Crippen LogP contribution in [-0.4, -0.2) is 49.5 Å². The Hall–Kier alpha value is -2.91. The van der Waals surface area contributed by atoms with Gasteiger partial charge in [-0.05, 0) is 58.1 Å². The second kappa shape index (κ2) is 9.86. The monoisotopic (exact) mass is 513 g/mol. The highest BCUT2D eigenvalue weighted by atomic mass is 35.5. The minimum Gasteiger partial charge on any atom is -0.452 e. The summed E-state index contributed by atoms with van der Waals surface area (Å²) in [5.41, 5.74) is 3.47. The normalized spacial score (nSPS) is 22.9.